The zero-order valence-corrected chi connectivity index (χ0v) is 18.2. The van der Waals surface area contributed by atoms with E-state index < -0.39 is 0 Å². The Morgan fingerprint density at radius 1 is 1.18 bits per heavy atom. The summed E-state index contributed by atoms with van der Waals surface area (Å²) < 4.78 is 3.24. The zero-order chi connectivity index (χ0) is 20.3. The first-order valence-electron chi connectivity index (χ1n) is 11.4. The van der Waals surface area contributed by atoms with Crippen LogP contribution < -0.4 is 5.69 Å². The summed E-state index contributed by atoms with van der Waals surface area (Å²) in [7, 11) is 1.72. The number of nitrogens with zero attached hydrogens (tertiary/aromatic N) is 4. The molecule has 1 saturated heterocycles. The van der Waals surface area contributed by atoms with Gasteiger partial charge in [-0.2, -0.15) is 5.10 Å². The van der Waals surface area contributed by atoms with E-state index in [1.807, 2.05) is 13.8 Å². The van der Waals surface area contributed by atoms with Crippen LogP contribution in [0.5, 0.6) is 0 Å². The van der Waals surface area contributed by atoms with E-state index in [1.165, 1.54) is 36.8 Å². The highest BCUT2D eigenvalue weighted by atomic mass is 16.2. The van der Waals surface area contributed by atoms with E-state index in [-0.39, 0.29) is 23.6 Å². The number of hydrogen-bond acceptors (Lipinski definition) is 3. The SMILES string of the molecule is CCCCC1CCC(C(=O)N2CCCC(c3nn(C)c(=O)n3C(C)C)C2)CC1. The fourth-order valence-corrected chi connectivity index (χ4v) is 5.10. The largest absolute Gasteiger partial charge is 0.345 e. The van der Waals surface area contributed by atoms with Crippen molar-refractivity contribution in [1.82, 2.24) is 19.2 Å². The molecule has 0 bridgehead atoms. The van der Waals surface area contributed by atoms with Gasteiger partial charge in [-0.3, -0.25) is 9.36 Å². The van der Waals surface area contributed by atoms with Crippen LogP contribution in [0.15, 0.2) is 4.79 Å². The van der Waals surface area contributed by atoms with Gasteiger partial charge in [-0.25, -0.2) is 9.48 Å². The molecule has 28 heavy (non-hydrogen) atoms. The second-order valence-corrected chi connectivity index (χ2v) is 9.21. The van der Waals surface area contributed by atoms with Crippen molar-refractivity contribution in [2.24, 2.45) is 18.9 Å². The summed E-state index contributed by atoms with van der Waals surface area (Å²) in [5, 5.41) is 4.53. The number of carbonyl (C=O) groups excluding carboxylic acids is 1. The predicted molar refractivity (Wildman–Crippen MR) is 111 cm³/mol. The van der Waals surface area contributed by atoms with Crippen molar-refractivity contribution >= 4 is 5.91 Å². The normalized spacial score (nSPS) is 26.0. The molecular formula is C22H38N4O2. The van der Waals surface area contributed by atoms with Crippen LogP contribution in [0.1, 0.15) is 96.3 Å². The van der Waals surface area contributed by atoms with Gasteiger partial charge in [0.25, 0.3) is 0 Å². The van der Waals surface area contributed by atoms with E-state index in [0.29, 0.717) is 12.5 Å². The molecule has 0 N–H and O–H groups in total. The van der Waals surface area contributed by atoms with Crippen molar-refractivity contribution in [2.75, 3.05) is 13.1 Å². The van der Waals surface area contributed by atoms with Crippen molar-refractivity contribution in [2.45, 2.75) is 90.5 Å². The van der Waals surface area contributed by atoms with E-state index in [4.69, 9.17) is 0 Å². The van der Waals surface area contributed by atoms with Gasteiger partial charge in [0.15, 0.2) is 0 Å². The first kappa shape index (κ1) is 21.1. The highest BCUT2D eigenvalue weighted by Gasteiger charge is 2.34. The van der Waals surface area contributed by atoms with E-state index in [1.54, 1.807) is 11.6 Å². The lowest BCUT2D eigenvalue weighted by Gasteiger charge is -2.37. The molecule has 1 aromatic rings. The number of unbranched alkanes of at least 4 members (excludes halogenated alkanes) is 1. The molecule has 2 fully saturated rings. The Morgan fingerprint density at radius 3 is 2.54 bits per heavy atom. The van der Waals surface area contributed by atoms with Crippen LogP contribution >= 0.6 is 0 Å². The number of likely N-dealkylation sites (tertiary alicyclic amines) is 1. The van der Waals surface area contributed by atoms with Crippen molar-refractivity contribution in [1.29, 1.82) is 0 Å². The minimum Gasteiger partial charge on any atom is -0.342 e. The molecule has 158 valence electrons. The molecule has 1 amide bonds. The molecule has 1 aliphatic heterocycles. The first-order valence-corrected chi connectivity index (χ1v) is 11.4. The number of piperidine rings is 1. The lowest BCUT2D eigenvalue weighted by Crippen LogP contribution is -2.44. The van der Waals surface area contributed by atoms with E-state index in [9.17, 15) is 9.59 Å². The topological polar surface area (TPSA) is 60.1 Å². The minimum atomic E-state index is -0.0566. The maximum atomic E-state index is 13.2. The minimum absolute atomic E-state index is 0.0566. The third-order valence-electron chi connectivity index (χ3n) is 6.76. The Morgan fingerprint density at radius 2 is 1.89 bits per heavy atom. The lowest BCUT2D eigenvalue weighted by molar-refractivity contribution is -0.138. The predicted octanol–water partition coefficient (Wildman–Crippen LogP) is 3.87. The Kier molecular flexibility index (Phi) is 7.00. The maximum Gasteiger partial charge on any atom is 0.345 e. The second kappa shape index (κ2) is 9.27. The summed E-state index contributed by atoms with van der Waals surface area (Å²) in [5.41, 5.74) is -0.0566. The summed E-state index contributed by atoms with van der Waals surface area (Å²) in [6.45, 7) is 7.86. The molecule has 6 nitrogen and oxygen atoms in total. The van der Waals surface area contributed by atoms with Crippen LogP contribution in [-0.4, -0.2) is 38.2 Å². The summed E-state index contributed by atoms with van der Waals surface area (Å²) in [4.78, 5) is 27.7. The molecule has 1 aromatic heterocycles. The second-order valence-electron chi connectivity index (χ2n) is 9.21. The van der Waals surface area contributed by atoms with E-state index in [2.05, 4.69) is 16.9 Å². The van der Waals surface area contributed by atoms with E-state index >= 15 is 0 Å². The molecule has 2 heterocycles. The number of aryl methyl sites for hydroxylation is 1. The van der Waals surface area contributed by atoms with Gasteiger partial charge in [-0.15, -0.1) is 0 Å². The van der Waals surface area contributed by atoms with Crippen LogP contribution in [0.4, 0.5) is 0 Å². The molecule has 1 atom stereocenters. The van der Waals surface area contributed by atoms with Gasteiger partial charge in [0, 0.05) is 38.0 Å². The molecule has 1 unspecified atom stereocenters. The van der Waals surface area contributed by atoms with Gasteiger partial charge in [0.1, 0.15) is 5.82 Å². The average Bonchev–Trinajstić information content (AvgIpc) is 3.01. The molecule has 0 radical (unpaired) electrons. The standard InChI is InChI=1S/C22H38N4O2/c1-5-6-8-17-10-12-18(13-11-17)21(27)25-14-7-9-19(15-25)20-23-24(4)22(28)26(20)16(2)3/h16-19H,5-15H2,1-4H3. The number of rotatable bonds is 6. The quantitative estimate of drug-likeness (QED) is 0.741. The Balaban J connectivity index is 1.63. The highest BCUT2D eigenvalue weighted by Crippen LogP contribution is 2.34. The van der Waals surface area contributed by atoms with Crippen molar-refractivity contribution in [3.8, 4) is 0 Å². The third-order valence-corrected chi connectivity index (χ3v) is 6.76. The van der Waals surface area contributed by atoms with Crippen molar-refractivity contribution in [3.63, 3.8) is 0 Å². The Hall–Kier alpha value is -1.59. The smallest absolute Gasteiger partial charge is 0.342 e. The summed E-state index contributed by atoms with van der Waals surface area (Å²) in [6, 6.07) is 0.0840. The number of aromatic nitrogens is 3. The maximum absolute atomic E-state index is 13.2. The highest BCUT2D eigenvalue weighted by molar-refractivity contribution is 5.79. The number of hydrogen-bond donors (Lipinski definition) is 0. The monoisotopic (exact) mass is 390 g/mol. The summed E-state index contributed by atoms with van der Waals surface area (Å²) in [5.74, 6) is 2.38. The van der Waals surface area contributed by atoms with Crippen LogP contribution in [0.25, 0.3) is 0 Å². The van der Waals surface area contributed by atoms with E-state index in [0.717, 1.165) is 44.0 Å². The number of carbonyl (C=O) groups is 1. The van der Waals surface area contributed by atoms with Crippen LogP contribution in [0.2, 0.25) is 0 Å². The summed E-state index contributed by atoms with van der Waals surface area (Å²) in [6.07, 6.45) is 10.4. The molecule has 6 heteroatoms. The van der Waals surface area contributed by atoms with Gasteiger partial charge in [0.2, 0.25) is 5.91 Å². The van der Waals surface area contributed by atoms with Crippen LogP contribution in [0, 0.1) is 11.8 Å². The average molecular weight is 391 g/mol. The molecule has 0 aromatic carbocycles. The summed E-state index contributed by atoms with van der Waals surface area (Å²) >= 11 is 0. The zero-order valence-electron chi connectivity index (χ0n) is 18.2. The Bertz CT molecular complexity index is 713. The first-order chi connectivity index (χ1) is 13.4. The fourth-order valence-electron chi connectivity index (χ4n) is 5.10. The fraction of sp³-hybridized carbons (Fsp3) is 0.864. The molecule has 3 rings (SSSR count). The Labute approximate surface area is 169 Å². The molecule has 0 spiro atoms. The van der Waals surface area contributed by atoms with Gasteiger partial charge in [0.05, 0.1) is 0 Å². The molecule has 2 aliphatic rings. The van der Waals surface area contributed by atoms with Gasteiger partial charge in [-0.1, -0.05) is 26.2 Å². The van der Waals surface area contributed by atoms with Gasteiger partial charge in [-0.05, 0) is 58.3 Å². The third kappa shape index (κ3) is 4.52. The lowest BCUT2D eigenvalue weighted by atomic mass is 9.79. The molecular weight excluding hydrogens is 352 g/mol. The van der Waals surface area contributed by atoms with Gasteiger partial charge < -0.3 is 4.90 Å². The van der Waals surface area contributed by atoms with Crippen LogP contribution in [0.3, 0.4) is 0 Å². The number of amides is 1. The van der Waals surface area contributed by atoms with Gasteiger partial charge >= 0.3 is 5.69 Å². The van der Waals surface area contributed by atoms with Crippen LogP contribution in [-0.2, 0) is 11.8 Å². The molecule has 1 saturated carbocycles. The van der Waals surface area contributed by atoms with Crippen molar-refractivity contribution < 1.29 is 4.79 Å². The molecule has 1 aliphatic carbocycles. The van der Waals surface area contributed by atoms with Crippen molar-refractivity contribution in [3.05, 3.63) is 16.3 Å².